The minimum Gasteiger partial charge on any atom is -0.312 e. The highest BCUT2D eigenvalue weighted by molar-refractivity contribution is 5.94. The van der Waals surface area contributed by atoms with Gasteiger partial charge in [-0.25, -0.2) is 0 Å². The highest BCUT2D eigenvalue weighted by Gasteiger charge is 2.33. The summed E-state index contributed by atoms with van der Waals surface area (Å²) in [7, 11) is 0. The van der Waals surface area contributed by atoms with Gasteiger partial charge in [-0.05, 0) is 42.5 Å². The molecule has 5 heteroatoms. The van der Waals surface area contributed by atoms with E-state index in [4.69, 9.17) is 0 Å². The lowest BCUT2D eigenvalue weighted by Crippen LogP contribution is -2.35. The molecule has 1 heterocycles. The van der Waals surface area contributed by atoms with Gasteiger partial charge in [0.25, 0.3) is 0 Å². The molecule has 0 spiro atoms. The Balaban J connectivity index is 1.74. The fraction of sp³-hybridized carbons (Fsp3) is 0.316. The Morgan fingerprint density at radius 1 is 1.04 bits per heavy atom. The first-order chi connectivity index (χ1) is 11.5. The van der Waals surface area contributed by atoms with Crippen molar-refractivity contribution < 1.29 is 18.0 Å². The Kier molecular flexibility index (Phi) is 4.60. The second kappa shape index (κ2) is 6.67. The number of amides is 1. The Morgan fingerprint density at radius 2 is 1.75 bits per heavy atom. The molecule has 0 N–H and O–H groups in total. The van der Waals surface area contributed by atoms with Crippen molar-refractivity contribution >= 4 is 11.6 Å². The summed E-state index contributed by atoms with van der Waals surface area (Å²) in [5, 5.41) is 0. The molecule has 0 radical (unpaired) electrons. The van der Waals surface area contributed by atoms with Gasteiger partial charge in [0.15, 0.2) is 0 Å². The van der Waals surface area contributed by atoms with E-state index in [0.717, 1.165) is 30.2 Å². The molecule has 24 heavy (non-hydrogen) atoms. The zero-order chi connectivity index (χ0) is 17.2. The minimum atomic E-state index is -4.39. The van der Waals surface area contributed by atoms with E-state index in [-0.39, 0.29) is 24.3 Å². The van der Waals surface area contributed by atoms with Crippen LogP contribution in [0, 0.1) is 0 Å². The number of alkyl halides is 3. The molecule has 3 rings (SSSR count). The van der Waals surface area contributed by atoms with Crippen molar-refractivity contribution in [3.8, 4) is 0 Å². The fourth-order valence-electron chi connectivity index (χ4n) is 3.18. The topological polar surface area (TPSA) is 20.3 Å². The van der Waals surface area contributed by atoms with Gasteiger partial charge in [0.1, 0.15) is 0 Å². The maximum atomic E-state index is 13.0. The van der Waals surface area contributed by atoms with Crippen LogP contribution in [0.3, 0.4) is 0 Å². The second-order valence-corrected chi connectivity index (χ2v) is 5.93. The molecule has 0 unspecified atom stereocenters. The number of hydrogen-bond donors (Lipinski definition) is 0. The lowest BCUT2D eigenvalue weighted by atomic mass is 9.99. The maximum absolute atomic E-state index is 13.0. The number of anilines is 1. The van der Waals surface area contributed by atoms with Crippen LogP contribution < -0.4 is 4.90 Å². The summed E-state index contributed by atoms with van der Waals surface area (Å²) in [6.07, 6.45) is -2.43. The molecule has 2 aromatic carbocycles. The third-order valence-electron chi connectivity index (χ3n) is 4.34. The molecule has 0 aromatic heterocycles. The van der Waals surface area contributed by atoms with E-state index >= 15 is 0 Å². The van der Waals surface area contributed by atoms with E-state index in [1.807, 2.05) is 24.3 Å². The van der Waals surface area contributed by atoms with Gasteiger partial charge in [-0.2, -0.15) is 13.2 Å². The summed E-state index contributed by atoms with van der Waals surface area (Å²) in [6.45, 7) is 0.622. The summed E-state index contributed by atoms with van der Waals surface area (Å²) >= 11 is 0. The van der Waals surface area contributed by atoms with E-state index in [2.05, 4.69) is 0 Å². The number of nitrogens with zero attached hydrogens (tertiary/aromatic N) is 1. The molecule has 126 valence electrons. The smallest absolute Gasteiger partial charge is 0.312 e. The monoisotopic (exact) mass is 333 g/mol. The predicted octanol–water partition coefficient (Wildman–Crippen LogP) is 4.62. The molecule has 1 aliphatic heterocycles. The molecule has 0 aliphatic carbocycles. The zero-order valence-electron chi connectivity index (χ0n) is 13.1. The summed E-state index contributed by atoms with van der Waals surface area (Å²) in [5.41, 5.74) is 1.52. The van der Waals surface area contributed by atoms with Crippen LogP contribution in [0.15, 0.2) is 48.5 Å². The summed E-state index contributed by atoms with van der Waals surface area (Å²) in [6, 6.07) is 13.2. The summed E-state index contributed by atoms with van der Waals surface area (Å²) < 4.78 is 39.1. The van der Waals surface area contributed by atoms with Crippen LogP contribution in [-0.2, 0) is 23.8 Å². The van der Waals surface area contributed by atoms with Gasteiger partial charge >= 0.3 is 6.18 Å². The van der Waals surface area contributed by atoms with Crippen molar-refractivity contribution in [1.29, 1.82) is 0 Å². The second-order valence-electron chi connectivity index (χ2n) is 5.93. The molecule has 0 atom stereocenters. The highest BCUT2D eigenvalue weighted by atomic mass is 19.4. The van der Waals surface area contributed by atoms with Crippen molar-refractivity contribution in [2.45, 2.75) is 31.9 Å². The first kappa shape index (κ1) is 16.6. The van der Waals surface area contributed by atoms with Gasteiger partial charge in [0.05, 0.1) is 5.56 Å². The molecule has 1 amide bonds. The molecule has 1 aliphatic rings. The van der Waals surface area contributed by atoms with Crippen LogP contribution >= 0.6 is 0 Å². The third-order valence-corrected chi connectivity index (χ3v) is 4.34. The molecular formula is C19H18F3NO. The van der Waals surface area contributed by atoms with Crippen LogP contribution in [0.4, 0.5) is 18.9 Å². The van der Waals surface area contributed by atoms with Gasteiger partial charge < -0.3 is 4.90 Å². The Hall–Kier alpha value is -2.30. The molecule has 0 bridgehead atoms. The van der Waals surface area contributed by atoms with E-state index in [1.54, 1.807) is 11.0 Å². The largest absolute Gasteiger partial charge is 0.416 e. The zero-order valence-corrected chi connectivity index (χ0v) is 13.1. The predicted molar refractivity (Wildman–Crippen MR) is 86.9 cm³/mol. The first-order valence-electron chi connectivity index (χ1n) is 8.00. The molecule has 0 saturated carbocycles. The maximum Gasteiger partial charge on any atom is 0.416 e. The molecule has 2 aromatic rings. The van der Waals surface area contributed by atoms with Crippen molar-refractivity contribution in [1.82, 2.24) is 0 Å². The lowest BCUT2D eigenvalue weighted by molar-refractivity contribution is -0.138. The van der Waals surface area contributed by atoms with Gasteiger partial charge in [0.2, 0.25) is 5.91 Å². The lowest BCUT2D eigenvalue weighted by Gasteiger charge is -2.29. The number of carbonyl (C=O) groups is 1. The number of rotatable bonds is 3. The van der Waals surface area contributed by atoms with Gasteiger partial charge in [-0.1, -0.05) is 36.4 Å². The third kappa shape index (κ3) is 3.45. The van der Waals surface area contributed by atoms with Crippen LogP contribution in [-0.4, -0.2) is 12.5 Å². The van der Waals surface area contributed by atoms with Crippen molar-refractivity contribution in [2.75, 3.05) is 11.4 Å². The SMILES string of the molecule is O=C(CCc1ccccc1C(F)(F)F)N1CCCc2ccccc21. The average Bonchev–Trinajstić information content (AvgIpc) is 2.58. The first-order valence-corrected chi connectivity index (χ1v) is 8.00. The Bertz CT molecular complexity index is 739. The van der Waals surface area contributed by atoms with Crippen molar-refractivity contribution in [3.63, 3.8) is 0 Å². The number of para-hydroxylation sites is 1. The summed E-state index contributed by atoms with van der Waals surface area (Å²) in [5.74, 6) is -0.126. The van der Waals surface area contributed by atoms with Crippen LogP contribution in [0.25, 0.3) is 0 Å². The standard InChI is InChI=1S/C19H18F3NO/c20-19(21,22)16-9-3-1-6-14(16)11-12-18(24)23-13-5-8-15-7-2-4-10-17(15)23/h1-4,6-7,9-10H,5,8,11-13H2. The number of halogens is 3. The van der Waals surface area contributed by atoms with Crippen molar-refractivity contribution in [2.24, 2.45) is 0 Å². The molecule has 2 nitrogen and oxygen atoms in total. The van der Waals surface area contributed by atoms with E-state index < -0.39 is 11.7 Å². The number of carbonyl (C=O) groups excluding carboxylic acids is 1. The fourth-order valence-corrected chi connectivity index (χ4v) is 3.18. The molecular weight excluding hydrogens is 315 g/mol. The Morgan fingerprint density at radius 3 is 2.54 bits per heavy atom. The van der Waals surface area contributed by atoms with Crippen LogP contribution in [0.5, 0.6) is 0 Å². The highest BCUT2D eigenvalue weighted by Crippen LogP contribution is 2.33. The van der Waals surface area contributed by atoms with Gasteiger partial charge in [-0.3, -0.25) is 4.79 Å². The Labute approximate surface area is 138 Å². The minimum absolute atomic E-state index is 0.0709. The number of aryl methyl sites for hydroxylation is 2. The number of fused-ring (bicyclic) bond motifs is 1. The van der Waals surface area contributed by atoms with E-state index in [0.29, 0.717) is 6.54 Å². The average molecular weight is 333 g/mol. The quantitative estimate of drug-likeness (QED) is 0.803. The van der Waals surface area contributed by atoms with Crippen LogP contribution in [0.1, 0.15) is 29.5 Å². The summed E-state index contributed by atoms with van der Waals surface area (Å²) in [4.78, 5) is 14.2. The van der Waals surface area contributed by atoms with Gasteiger partial charge in [-0.15, -0.1) is 0 Å². The molecule has 0 fully saturated rings. The van der Waals surface area contributed by atoms with Gasteiger partial charge in [0, 0.05) is 18.7 Å². The van der Waals surface area contributed by atoms with E-state index in [9.17, 15) is 18.0 Å². The van der Waals surface area contributed by atoms with Crippen molar-refractivity contribution in [3.05, 3.63) is 65.2 Å². The number of hydrogen-bond acceptors (Lipinski definition) is 1. The van der Waals surface area contributed by atoms with E-state index in [1.165, 1.54) is 12.1 Å². The molecule has 0 saturated heterocycles. The van der Waals surface area contributed by atoms with Crippen LogP contribution in [0.2, 0.25) is 0 Å². The normalized spacial score (nSPS) is 14.4. The number of benzene rings is 2.